The molecule has 0 bridgehead atoms. The second-order valence-electron chi connectivity index (χ2n) is 8.51. The number of rotatable bonds is 19. The first-order chi connectivity index (χ1) is 12.1. The summed E-state index contributed by atoms with van der Waals surface area (Å²) in [4.78, 5) is 0. The lowest BCUT2D eigenvalue weighted by Gasteiger charge is -2.37. The molecule has 1 atom stereocenters. The number of hydrogen-bond acceptors (Lipinski definition) is 1. The third-order valence-corrected chi connectivity index (χ3v) is 5.95. The van der Waals surface area contributed by atoms with Crippen molar-refractivity contribution in [2.45, 2.75) is 130 Å². The topological polar surface area (TPSA) is 20.2 Å². The third kappa shape index (κ3) is 16.6. The molecule has 0 aromatic heterocycles. The first-order valence-corrected chi connectivity index (χ1v) is 11.6. The van der Waals surface area contributed by atoms with Crippen LogP contribution in [0, 0.1) is 0 Å². The monoisotopic (exact) mass is 435 g/mol. The third-order valence-electron chi connectivity index (χ3n) is 5.95. The highest BCUT2D eigenvalue weighted by atomic mass is 79.9. The minimum Gasteiger partial charge on any atom is -1.00 e. The molecule has 2 nitrogen and oxygen atoms in total. The van der Waals surface area contributed by atoms with E-state index in [1.807, 2.05) is 6.92 Å². The Morgan fingerprint density at radius 1 is 0.577 bits per heavy atom. The summed E-state index contributed by atoms with van der Waals surface area (Å²) in [5.74, 6) is 0. The van der Waals surface area contributed by atoms with Crippen LogP contribution in [0.5, 0.6) is 0 Å². The minimum atomic E-state index is -0.228. The van der Waals surface area contributed by atoms with E-state index in [0.717, 1.165) is 17.6 Å². The van der Waals surface area contributed by atoms with Crippen molar-refractivity contribution < 1.29 is 26.6 Å². The van der Waals surface area contributed by atoms with Gasteiger partial charge in [0.25, 0.3) is 0 Å². The number of aliphatic hydroxyl groups is 1. The van der Waals surface area contributed by atoms with E-state index in [2.05, 4.69) is 20.9 Å². The summed E-state index contributed by atoms with van der Waals surface area (Å²) in [6.45, 7) is 8.82. The van der Waals surface area contributed by atoms with Crippen LogP contribution in [0.3, 0.4) is 0 Å². The highest BCUT2D eigenvalue weighted by Crippen LogP contribution is 2.16. The average molecular weight is 437 g/mol. The van der Waals surface area contributed by atoms with E-state index in [1.54, 1.807) is 0 Å². The fourth-order valence-electron chi connectivity index (χ4n) is 3.70. The van der Waals surface area contributed by atoms with Crippen molar-refractivity contribution in [1.29, 1.82) is 0 Å². The number of hydrogen-bond donors (Lipinski definition) is 1. The first kappa shape index (κ1) is 28.6. The molecule has 160 valence electrons. The van der Waals surface area contributed by atoms with Crippen molar-refractivity contribution >= 4 is 0 Å². The van der Waals surface area contributed by atoms with Crippen LogP contribution in [0.15, 0.2) is 0 Å². The zero-order valence-electron chi connectivity index (χ0n) is 18.6. The summed E-state index contributed by atoms with van der Waals surface area (Å²) in [5.41, 5.74) is 0. The molecule has 0 radical (unpaired) electrons. The van der Waals surface area contributed by atoms with Crippen molar-refractivity contribution in [2.24, 2.45) is 0 Å². The standard InChI is InChI=1S/C23H50NO.BrH/c1-5-7-9-11-13-15-17-19-21-24(4,23(3)25)22-20-18-16-14-12-10-8-6-2;/h23,25H,5-22H2,1-4H3;1H/q+1;/p-1. The van der Waals surface area contributed by atoms with Crippen LogP contribution in [0.25, 0.3) is 0 Å². The Morgan fingerprint density at radius 3 is 1.12 bits per heavy atom. The summed E-state index contributed by atoms with van der Waals surface area (Å²) < 4.78 is 0.853. The van der Waals surface area contributed by atoms with E-state index < -0.39 is 0 Å². The van der Waals surface area contributed by atoms with Crippen molar-refractivity contribution in [2.75, 3.05) is 20.1 Å². The molecule has 0 amide bonds. The lowest BCUT2D eigenvalue weighted by atomic mass is 10.1. The van der Waals surface area contributed by atoms with Crippen LogP contribution in [0.1, 0.15) is 124 Å². The van der Waals surface area contributed by atoms with Gasteiger partial charge in [-0.05, 0) is 25.7 Å². The minimum absolute atomic E-state index is 0. The second kappa shape index (κ2) is 20.1. The second-order valence-corrected chi connectivity index (χ2v) is 8.51. The van der Waals surface area contributed by atoms with Gasteiger partial charge in [-0.15, -0.1) is 0 Å². The highest BCUT2D eigenvalue weighted by molar-refractivity contribution is 4.50. The molecule has 0 rings (SSSR count). The Labute approximate surface area is 176 Å². The Kier molecular flexibility index (Phi) is 22.2. The van der Waals surface area contributed by atoms with E-state index in [9.17, 15) is 5.11 Å². The number of halogens is 1. The van der Waals surface area contributed by atoms with Crippen molar-refractivity contribution in [3.8, 4) is 0 Å². The van der Waals surface area contributed by atoms with Crippen LogP contribution in [-0.2, 0) is 0 Å². The van der Waals surface area contributed by atoms with Crippen molar-refractivity contribution in [1.82, 2.24) is 0 Å². The summed E-state index contributed by atoms with van der Waals surface area (Å²) in [6, 6.07) is 0. The molecule has 0 aliphatic carbocycles. The lowest BCUT2D eigenvalue weighted by molar-refractivity contribution is -0.952. The molecule has 0 fully saturated rings. The largest absolute Gasteiger partial charge is 1.00 e. The van der Waals surface area contributed by atoms with E-state index >= 15 is 0 Å². The Bertz CT molecular complexity index is 251. The molecule has 0 aromatic carbocycles. The molecule has 0 saturated heterocycles. The molecule has 1 N–H and O–H groups in total. The van der Waals surface area contributed by atoms with Crippen molar-refractivity contribution in [3.05, 3.63) is 0 Å². The molecule has 0 aliphatic rings. The van der Waals surface area contributed by atoms with Crippen LogP contribution in [0.4, 0.5) is 0 Å². The Balaban J connectivity index is 0. The van der Waals surface area contributed by atoms with Crippen LogP contribution in [-0.4, -0.2) is 36.0 Å². The predicted molar refractivity (Wildman–Crippen MR) is 113 cm³/mol. The maximum Gasteiger partial charge on any atom is 0.187 e. The van der Waals surface area contributed by atoms with Crippen LogP contribution >= 0.6 is 0 Å². The van der Waals surface area contributed by atoms with Gasteiger partial charge in [0.1, 0.15) is 0 Å². The maximum absolute atomic E-state index is 10.2. The van der Waals surface area contributed by atoms with Gasteiger partial charge in [0, 0.05) is 6.92 Å². The molecule has 0 saturated carbocycles. The fourth-order valence-corrected chi connectivity index (χ4v) is 3.70. The molecule has 0 heterocycles. The molecule has 0 aromatic rings. The number of unbranched alkanes of at least 4 members (excludes halogenated alkanes) is 14. The van der Waals surface area contributed by atoms with E-state index in [-0.39, 0.29) is 23.2 Å². The molecular weight excluding hydrogens is 386 g/mol. The number of quaternary nitrogens is 1. The molecule has 3 heteroatoms. The molecule has 0 spiro atoms. The van der Waals surface area contributed by atoms with Gasteiger partial charge in [-0.25, -0.2) is 0 Å². The quantitative estimate of drug-likeness (QED) is 0.184. The first-order valence-electron chi connectivity index (χ1n) is 11.6. The maximum atomic E-state index is 10.2. The van der Waals surface area contributed by atoms with Gasteiger partial charge in [-0.2, -0.15) is 0 Å². The highest BCUT2D eigenvalue weighted by Gasteiger charge is 2.26. The molecule has 26 heavy (non-hydrogen) atoms. The van der Waals surface area contributed by atoms with Crippen LogP contribution in [0.2, 0.25) is 0 Å². The number of aliphatic hydroxyl groups excluding tert-OH is 1. The SMILES string of the molecule is CCCCCCCCCC[N+](C)(CCCCCCCCCC)C(C)O.[Br-]. The van der Waals surface area contributed by atoms with Crippen molar-refractivity contribution in [3.63, 3.8) is 0 Å². The Morgan fingerprint density at radius 2 is 0.846 bits per heavy atom. The van der Waals surface area contributed by atoms with E-state index in [0.29, 0.717) is 0 Å². The zero-order chi connectivity index (χ0) is 18.8. The molecular formula is C23H50BrNO. The predicted octanol–water partition coefficient (Wildman–Crippen LogP) is 4.06. The van der Waals surface area contributed by atoms with Gasteiger partial charge >= 0.3 is 0 Å². The average Bonchev–Trinajstić information content (AvgIpc) is 2.59. The Hall–Kier alpha value is 0.400. The van der Waals surface area contributed by atoms with E-state index in [4.69, 9.17) is 0 Å². The van der Waals surface area contributed by atoms with Gasteiger partial charge in [0.15, 0.2) is 6.23 Å². The van der Waals surface area contributed by atoms with Gasteiger partial charge in [0.2, 0.25) is 0 Å². The molecule has 1 unspecified atom stereocenters. The van der Waals surface area contributed by atoms with Gasteiger partial charge in [-0.1, -0.05) is 90.9 Å². The zero-order valence-corrected chi connectivity index (χ0v) is 20.2. The summed E-state index contributed by atoms with van der Waals surface area (Å²) in [5, 5.41) is 10.2. The smallest absolute Gasteiger partial charge is 0.187 e. The summed E-state index contributed by atoms with van der Waals surface area (Å²) >= 11 is 0. The number of nitrogens with zero attached hydrogens (tertiary/aromatic N) is 1. The van der Waals surface area contributed by atoms with Gasteiger partial charge in [-0.3, -0.25) is 0 Å². The van der Waals surface area contributed by atoms with Crippen LogP contribution < -0.4 is 17.0 Å². The summed E-state index contributed by atoms with van der Waals surface area (Å²) in [6.07, 6.45) is 21.7. The van der Waals surface area contributed by atoms with E-state index in [1.165, 1.54) is 103 Å². The van der Waals surface area contributed by atoms with Gasteiger partial charge in [0.05, 0.1) is 20.1 Å². The lowest BCUT2D eigenvalue weighted by Crippen LogP contribution is -3.00. The summed E-state index contributed by atoms with van der Waals surface area (Å²) in [7, 11) is 2.26. The molecule has 0 aliphatic heterocycles. The van der Waals surface area contributed by atoms with Gasteiger partial charge < -0.3 is 26.6 Å². The normalized spacial score (nSPS) is 12.8. The fraction of sp³-hybridized carbons (Fsp3) is 1.00.